The molecule has 21 heavy (non-hydrogen) atoms. The number of benzene rings is 2. The van der Waals surface area contributed by atoms with E-state index in [4.69, 9.17) is 5.73 Å². The lowest BCUT2D eigenvalue weighted by molar-refractivity contribution is -0.120. The van der Waals surface area contributed by atoms with Gasteiger partial charge in [0.15, 0.2) is 0 Å². The van der Waals surface area contributed by atoms with Crippen LogP contribution in [0.5, 0.6) is 0 Å². The third-order valence-corrected chi connectivity index (χ3v) is 4.70. The highest BCUT2D eigenvalue weighted by Gasteiger charge is 2.24. The van der Waals surface area contributed by atoms with Gasteiger partial charge in [-0.2, -0.15) is 0 Å². The Balaban J connectivity index is 1.70. The molecule has 0 aliphatic heterocycles. The smallest absolute Gasteiger partial charge is 0.227 e. The van der Waals surface area contributed by atoms with Crippen molar-refractivity contribution in [2.24, 2.45) is 5.92 Å². The van der Waals surface area contributed by atoms with Crippen molar-refractivity contribution in [1.29, 1.82) is 0 Å². The number of fused-ring (bicyclic) bond motifs is 1. The van der Waals surface area contributed by atoms with E-state index in [0.29, 0.717) is 5.69 Å². The number of nitrogens with two attached hydrogens (primary N) is 1. The first kappa shape index (κ1) is 14.1. The lowest BCUT2D eigenvalue weighted by Crippen LogP contribution is -2.28. The molecular formula is C17H17BrN2O. The molecule has 1 amide bonds. The van der Waals surface area contributed by atoms with Gasteiger partial charge in [-0.25, -0.2) is 0 Å². The maximum atomic E-state index is 12.4. The van der Waals surface area contributed by atoms with Crippen LogP contribution in [0.4, 0.5) is 11.4 Å². The Morgan fingerprint density at radius 2 is 1.95 bits per heavy atom. The Labute approximate surface area is 132 Å². The molecule has 4 heteroatoms. The predicted molar refractivity (Wildman–Crippen MR) is 89.1 cm³/mol. The standard InChI is InChI=1S/C17H17BrN2O/c18-15-8-7-14(10-16(15)19)20-17(21)13-6-5-11-3-1-2-4-12(11)9-13/h1-4,7-8,10,13H,5-6,9,19H2,(H,20,21). The van der Waals surface area contributed by atoms with Crippen LogP contribution in [-0.4, -0.2) is 5.91 Å². The molecule has 1 aliphatic rings. The number of rotatable bonds is 2. The lowest BCUT2D eigenvalue weighted by atomic mass is 9.83. The zero-order valence-corrected chi connectivity index (χ0v) is 13.2. The van der Waals surface area contributed by atoms with Crippen molar-refractivity contribution in [2.45, 2.75) is 19.3 Å². The van der Waals surface area contributed by atoms with Gasteiger partial charge in [-0.1, -0.05) is 24.3 Å². The average Bonchev–Trinajstić information content (AvgIpc) is 2.50. The number of nitrogen functional groups attached to an aromatic ring is 1. The molecule has 0 aromatic heterocycles. The number of nitrogens with one attached hydrogen (secondary N) is 1. The number of aryl methyl sites for hydroxylation is 1. The van der Waals surface area contributed by atoms with E-state index in [1.807, 2.05) is 18.2 Å². The van der Waals surface area contributed by atoms with E-state index in [1.165, 1.54) is 11.1 Å². The van der Waals surface area contributed by atoms with Crippen molar-refractivity contribution in [3.8, 4) is 0 Å². The summed E-state index contributed by atoms with van der Waals surface area (Å²) in [7, 11) is 0. The number of carbonyl (C=O) groups is 1. The summed E-state index contributed by atoms with van der Waals surface area (Å²) in [4.78, 5) is 12.4. The third-order valence-electron chi connectivity index (χ3n) is 3.98. The number of carbonyl (C=O) groups excluding carboxylic acids is 1. The van der Waals surface area contributed by atoms with E-state index in [9.17, 15) is 4.79 Å². The molecule has 0 fully saturated rings. The van der Waals surface area contributed by atoms with Gasteiger partial charge in [-0.05, 0) is 64.5 Å². The van der Waals surface area contributed by atoms with Crippen molar-refractivity contribution >= 4 is 33.2 Å². The molecule has 3 rings (SSSR count). The molecule has 3 nitrogen and oxygen atoms in total. The number of hydrogen-bond donors (Lipinski definition) is 2. The largest absolute Gasteiger partial charge is 0.398 e. The summed E-state index contributed by atoms with van der Waals surface area (Å²) < 4.78 is 0.840. The van der Waals surface area contributed by atoms with Crippen molar-refractivity contribution in [1.82, 2.24) is 0 Å². The molecule has 0 radical (unpaired) electrons. The zero-order chi connectivity index (χ0) is 14.8. The van der Waals surface area contributed by atoms with Gasteiger partial charge in [0.25, 0.3) is 0 Å². The number of anilines is 2. The molecule has 0 spiro atoms. The van der Waals surface area contributed by atoms with Crippen LogP contribution in [0.25, 0.3) is 0 Å². The zero-order valence-electron chi connectivity index (χ0n) is 11.6. The third kappa shape index (κ3) is 3.10. The summed E-state index contributed by atoms with van der Waals surface area (Å²) in [6.45, 7) is 0. The summed E-state index contributed by atoms with van der Waals surface area (Å²) in [6, 6.07) is 13.8. The average molecular weight is 345 g/mol. The van der Waals surface area contributed by atoms with E-state index < -0.39 is 0 Å². The van der Waals surface area contributed by atoms with Crippen molar-refractivity contribution in [2.75, 3.05) is 11.1 Å². The molecule has 0 saturated carbocycles. The molecule has 0 bridgehead atoms. The first-order valence-corrected chi connectivity index (χ1v) is 7.85. The molecule has 2 aromatic rings. The maximum absolute atomic E-state index is 12.4. The van der Waals surface area contributed by atoms with Crippen LogP contribution in [-0.2, 0) is 17.6 Å². The fourth-order valence-electron chi connectivity index (χ4n) is 2.79. The van der Waals surface area contributed by atoms with Gasteiger partial charge in [0.1, 0.15) is 0 Å². The highest BCUT2D eigenvalue weighted by atomic mass is 79.9. The van der Waals surface area contributed by atoms with Crippen LogP contribution in [0.2, 0.25) is 0 Å². The highest BCUT2D eigenvalue weighted by molar-refractivity contribution is 9.10. The van der Waals surface area contributed by atoms with Crippen LogP contribution in [0.15, 0.2) is 46.9 Å². The van der Waals surface area contributed by atoms with Crippen LogP contribution in [0, 0.1) is 5.92 Å². The molecule has 2 aromatic carbocycles. The van der Waals surface area contributed by atoms with Crippen LogP contribution < -0.4 is 11.1 Å². The Morgan fingerprint density at radius 1 is 1.19 bits per heavy atom. The minimum atomic E-state index is 0.0322. The van der Waals surface area contributed by atoms with Crippen molar-refractivity contribution in [3.05, 3.63) is 58.1 Å². The summed E-state index contributed by atoms with van der Waals surface area (Å²) in [6.07, 6.45) is 2.68. The summed E-state index contributed by atoms with van der Waals surface area (Å²) >= 11 is 3.35. The van der Waals surface area contributed by atoms with Gasteiger partial charge >= 0.3 is 0 Å². The van der Waals surface area contributed by atoms with Gasteiger partial charge < -0.3 is 11.1 Å². The Bertz CT molecular complexity index is 684. The van der Waals surface area contributed by atoms with Crippen molar-refractivity contribution < 1.29 is 4.79 Å². The summed E-state index contributed by atoms with van der Waals surface area (Å²) in [5, 5.41) is 2.97. The molecule has 108 valence electrons. The first-order valence-electron chi connectivity index (χ1n) is 7.06. The lowest BCUT2D eigenvalue weighted by Gasteiger charge is -2.23. The molecule has 1 atom stereocenters. The first-order chi connectivity index (χ1) is 10.1. The van der Waals surface area contributed by atoms with E-state index in [0.717, 1.165) is 29.4 Å². The Hall–Kier alpha value is -1.81. The Kier molecular flexibility index (Phi) is 3.97. The van der Waals surface area contributed by atoms with E-state index >= 15 is 0 Å². The predicted octanol–water partition coefficient (Wildman–Crippen LogP) is 3.77. The second-order valence-corrected chi connectivity index (χ2v) is 6.29. The second-order valence-electron chi connectivity index (χ2n) is 5.43. The maximum Gasteiger partial charge on any atom is 0.227 e. The number of hydrogen-bond acceptors (Lipinski definition) is 2. The van der Waals surface area contributed by atoms with Crippen molar-refractivity contribution in [3.63, 3.8) is 0 Å². The Morgan fingerprint density at radius 3 is 2.71 bits per heavy atom. The fraction of sp³-hybridized carbons (Fsp3) is 0.235. The SMILES string of the molecule is Nc1cc(NC(=O)C2CCc3ccccc3C2)ccc1Br. The highest BCUT2D eigenvalue weighted by Crippen LogP contribution is 2.27. The van der Waals surface area contributed by atoms with E-state index in [2.05, 4.69) is 39.4 Å². The molecule has 0 heterocycles. The molecule has 1 unspecified atom stereocenters. The van der Waals surface area contributed by atoms with Gasteiger partial charge in [0.2, 0.25) is 5.91 Å². The molecule has 3 N–H and O–H groups in total. The molecule has 1 aliphatic carbocycles. The minimum absolute atomic E-state index is 0.0322. The van der Waals surface area contributed by atoms with Gasteiger partial charge in [-0.15, -0.1) is 0 Å². The normalized spacial score (nSPS) is 17.1. The van der Waals surface area contributed by atoms with Crippen LogP contribution in [0.3, 0.4) is 0 Å². The van der Waals surface area contributed by atoms with E-state index in [-0.39, 0.29) is 11.8 Å². The monoisotopic (exact) mass is 344 g/mol. The summed E-state index contributed by atoms with van der Waals surface area (Å²) in [5.41, 5.74) is 9.88. The molecular weight excluding hydrogens is 328 g/mol. The van der Waals surface area contributed by atoms with E-state index in [1.54, 1.807) is 6.07 Å². The second kappa shape index (κ2) is 5.90. The summed E-state index contributed by atoms with van der Waals surface area (Å²) in [5.74, 6) is 0.107. The topological polar surface area (TPSA) is 55.1 Å². The van der Waals surface area contributed by atoms with Crippen LogP contribution >= 0.6 is 15.9 Å². The quantitative estimate of drug-likeness (QED) is 0.814. The molecule has 0 saturated heterocycles. The number of amides is 1. The van der Waals surface area contributed by atoms with Gasteiger partial charge in [0.05, 0.1) is 0 Å². The van der Waals surface area contributed by atoms with Gasteiger partial charge in [0, 0.05) is 21.8 Å². The minimum Gasteiger partial charge on any atom is -0.398 e. The fourth-order valence-corrected chi connectivity index (χ4v) is 3.03. The van der Waals surface area contributed by atoms with Gasteiger partial charge in [-0.3, -0.25) is 4.79 Å². The number of halogens is 1. The van der Waals surface area contributed by atoms with Crippen LogP contribution in [0.1, 0.15) is 17.5 Å².